The second-order valence-electron chi connectivity index (χ2n) is 8.73. The number of nitrogens with zero attached hydrogens (tertiary/aromatic N) is 1. The Hall–Kier alpha value is -3.30. The number of pyridine rings is 1. The van der Waals surface area contributed by atoms with E-state index in [0.29, 0.717) is 60.5 Å². The Morgan fingerprint density at radius 1 is 1.11 bits per heavy atom. The fourth-order valence-electron chi connectivity index (χ4n) is 4.38. The van der Waals surface area contributed by atoms with Crippen LogP contribution in [-0.2, 0) is 17.8 Å². The van der Waals surface area contributed by atoms with Crippen molar-refractivity contribution in [3.8, 4) is 17.2 Å². The Kier molecular flexibility index (Phi) is 7.06. The summed E-state index contributed by atoms with van der Waals surface area (Å²) in [6.07, 6.45) is 2.25. The quantitative estimate of drug-likeness (QED) is 0.483. The van der Waals surface area contributed by atoms with Crippen LogP contribution >= 0.6 is 12.2 Å². The SMILES string of the molecule is COc1ccc(CN(Cc2cc3cc4c(cc3[nH]c2=O)OCCO4)C(=S)NC[C@H]2CCCO2)cc1. The fourth-order valence-corrected chi connectivity index (χ4v) is 4.59. The molecule has 2 aromatic carbocycles. The molecule has 3 aromatic rings. The number of ether oxygens (including phenoxy) is 4. The van der Waals surface area contributed by atoms with E-state index < -0.39 is 0 Å². The molecule has 0 unspecified atom stereocenters. The van der Waals surface area contributed by atoms with Crippen LogP contribution in [0, 0.1) is 0 Å². The zero-order valence-electron chi connectivity index (χ0n) is 19.7. The van der Waals surface area contributed by atoms with Crippen molar-refractivity contribution in [1.82, 2.24) is 15.2 Å². The summed E-state index contributed by atoms with van der Waals surface area (Å²) in [5.74, 6) is 2.12. The number of hydrogen-bond donors (Lipinski definition) is 2. The van der Waals surface area contributed by atoms with Gasteiger partial charge in [-0.05, 0) is 54.9 Å². The van der Waals surface area contributed by atoms with Gasteiger partial charge < -0.3 is 34.1 Å². The van der Waals surface area contributed by atoms with Gasteiger partial charge in [0.2, 0.25) is 0 Å². The van der Waals surface area contributed by atoms with E-state index in [-0.39, 0.29) is 11.7 Å². The summed E-state index contributed by atoms with van der Waals surface area (Å²) in [5, 5.41) is 4.81. The summed E-state index contributed by atoms with van der Waals surface area (Å²) in [5.41, 5.74) is 2.23. The Balaban J connectivity index is 1.40. The predicted octanol–water partition coefficient (Wildman–Crippen LogP) is 3.36. The molecule has 35 heavy (non-hydrogen) atoms. The average molecular weight is 496 g/mol. The Labute approximate surface area is 209 Å². The van der Waals surface area contributed by atoms with Crippen molar-refractivity contribution in [1.29, 1.82) is 0 Å². The minimum atomic E-state index is -0.157. The van der Waals surface area contributed by atoms with E-state index in [4.69, 9.17) is 31.2 Å². The van der Waals surface area contributed by atoms with Crippen molar-refractivity contribution >= 4 is 28.2 Å². The molecule has 8 nitrogen and oxygen atoms in total. The second kappa shape index (κ2) is 10.5. The normalized spacial score (nSPS) is 16.8. The van der Waals surface area contributed by atoms with Gasteiger partial charge in [0.15, 0.2) is 16.6 Å². The van der Waals surface area contributed by atoms with E-state index in [2.05, 4.69) is 10.3 Å². The van der Waals surface area contributed by atoms with Crippen LogP contribution in [0.5, 0.6) is 17.2 Å². The van der Waals surface area contributed by atoms with Crippen LogP contribution in [0.4, 0.5) is 0 Å². The molecule has 0 radical (unpaired) electrons. The van der Waals surface area contributed by atoms with Crippen molar-refractivity contribution < 1.29 is 18.9 Å². The molecule has 1 fully saturated rings. The summed E-state index contributed by atoms with van der Waals surface area (Å²) in [6, 6.07) is 13.5. The highest BCUT2D eigenvalue weighted by Gasteiger charge is 2.19. The van der Waals surface area contributed by atoms with E-state index in [1.165, 1.54) is 0 Å². The smallest absolute Gasteiger partial charge is 0.253 e. The summed E-state index contributed by atoms with van der Waals surface area (Å²) in [4.78, 5) is 18.0. The van der Waals surface area contributed by atoms with E-state index >= 15 is 0 Å². The largest absolute Gasteiger partial charge is 0.497 e. The first-order valence-corrected chi connectivity index (χ1v) is 12.2. The number of nitrogens with one attached hydrogen (secondary N) is 2. The van der Waals surface area contributed by atoms with Gasteiger partial charge in [0.1, 0.15) is 19.0 Å². The van der Waals surface area contributed by atoms with E-state index in [9.17, 15) is 4.79 Å². The molecule has 1 atom stereocenters. The van der Waals surface area contributed by atoms with Crippen LogP contribution in [0.1, 0.15) is 24.0 Å². The third-order valence-electron chi connectivity index (χ3n) is 6.27. The van der Waals surface area contributed by atoms with Crippen molar-refractivity contribution in [2.24, 2.45) is 0 Å². The van der Waals surface area contributed by atoms with Crippen molar-refractivity contribution in [3.05, 3.63) is 63.9 Å². The van der Waals surface area contributed by atoms with Gasteiger partial charge in [0.05, 0.1) is 25.3 Å². The van der Waals surface area contributed by atoms with E-state index in [1.54, 1.807) is 7.11 Å². The molecule has 0 spiro atoms. The third-order valence-corrected chi connectivity index (χ3v) is 6.67. The highest BCUT2D eigenvalue weighted by molar-refractivity contribution is 7.80. The predicted molar refractivity (Wildman–Crippen MR) is 137 cm³/mol. The third kappa shape index (κ3) is 5.52. The minimum Gasteiger partial charge on any atom is -0.497 e. The lowest BCUT2D eigenvalue weighted by Gasteiger charge is -2.27. The van der Waals surface area contributed by atoms with Gasteiger partial charge in [-0.2, -0.15) is 0 Å². The highest BCUT2D eigenvalue weighted by Crippen LogP contribution is 2.33. The zero-order valence-corrected chi connectivity index (χ0v) is 20.5. The van der Waals surface area contributed by atoms with E-state index in [1.807, 2.05) is 47.4 Å². The topological polar surface area (TPSA) is 85.1 Å². The molecule has 1 saturated heterocycles. The molecule has 0 aliphatic carbocycles. The van der Waals surface area contributed by atoms with Gasteiger partial charge >= 0.3 is 0 Å². The maximum atomic E-state index is 13.0. The number of methoxy groups -OCH3 is 1. The van der Waals surface area contributed by atoms with Crippen LogP contribution in [0.15, 0.2) is 47.3 Å². The van der Waals surface area contributed by atoms with Gasteiger partial charge in [-0.1, -0.05) is 12.1 Å². The molecule has 184 valence electrons. The van der Waals surface area contributed by atoms with Crippen LogP contribution in [0.25, 0.3) is 10.9 Å². The summed E-state index contributed by atoms with van der Waals surface area (Å²) in [6.45, 7) is 3.34. The summed E-state index contributed by atoms with van der Waals surface area (Å²) in [7, 11) is 1.64. The Morgan fingerprint density at radius 2 is 1.89 bits per heavy atom. The number of hydrogen-bond acceptors (Lipinski definition) is 6. The van der Waals surface area contributed by atoms with Crippen LogP contribution in [0.2, 0.25) is 0 Å². The van der Waals surface area contributed by atoms with Crippen molar-refractivity contribution in [2.75, 3.05) is 33.5 Å². The molecule has 0 amide bonds. The molecule has 9 heteroatoms. The molecular weight excluding hydrogens is 466 g/mol. The first kappa shape index (κ1) is 23.4. The first-order valence-electron chi connectivity index (χ1n) is 11.8. The lowest BCUT2D eigenvalue weighted by atomic mass is 10.1. The lowest BCUT2D eigenvalue weighted by Crippen LogP contribution is -2.42. The monoisotopic (exact) mass is 495 g/mol. The van der Waals surface area contributed by atoms with Gasteiger partial charge in [0.25, 0.3) is 5.56 Å². The fraction of sp³-hybridized carbons (Fsp3) is 0.385. The number of aromatic nitrogens is 1. The Bertz CT molecular complexity index is 1250. The van der Waals surface area contributed by atoms with Gasteiger partial charge in [-0.25, -0.2) is 0 Å². The number of rotatable bonds is 7. The number of fused-ring (bicyclic) bond motifs is 2. The number of aromatic amines is 1. The first-order chi connectivity index (χ1) is 17.1. The summed E-state index contributed by atoms with van der Waals surface area (Å²) < 4.78 is 22.4. The van der Waals surface area contributed by atoms with E-state index in [0.717, 1.165) is 36.1 Å². The number of benzene rings is 2. The minimum absolute atomic E-state index is 0.157. The van der Waals surface area contributed by atoms with Gasteiger partial charge in [0, 0.05) is 36.7 Å². The molecule has 2 N–H and O–H groups in total. The number of H-pyrrole nitrogens is 1. The maximum absolute atomic E-state index is 13.0. The highest BCUT2D eigenvalue weighted by atomic mass is 32.1. The van der Waals surface area contributed by atoms with Crippen molar-refractivity contribution in [3.63, 3.8) is 0 Å². The van der Waals surface area contributed by atoms with Crippen LogP contribution < -0.4 is 25.1 Å². The molecule has 3 heterocycles. The average Bonchev–Trinajstić information content (AvgIpc) is 3.40. The molecule has 0 bridgehead atoms. The second-order valence-corrected chi connectivity index (χ2v) is 9.12. The molecule has 2 aliphatic rings. The van der Waals surface area contributed by atoms with Crippen molar-refractivity contribution in [2.45, 2.75) is 32.0 Å². The van der Waals surface area contributed by atoms with Gasteiger partial charge in [-0.3, -0.25) is 4.79 Å². The summed E-state index contributed by atoms with van der Waals surface area (Å²) >= 11 is 5.76. The standard InChI is InChI=1S/C26H29N3O5S/c1-31-20-6-4-17(5-7-20)15-29(26(35)27-14-21-3-2-8-32-21)16-19-11-18-12-23-24(34-10-9-33-23)13-22(18)28-25(19)30/h4-7,11-13,21H,2-3,8-10,14-16H2,1H3,(H,27,35)(H,28,30)/t21-/m1/s1. The maximum Gasteiger partial charge on any atom is 0.253 e. The molecular formula is C26H29N3O5S. The van der Waals surface area contributed by atoms with Gasteiger partial charge in [-0.15, -0.1) is 0 Å². The lowest BCUT2D eigenvalue weighted by molar-refractivity contribution is 0.113. The Morgan fingerprint density at radius 3 is 2.60 bits per heavy atom. The zero-order chi connectivity index (χ0) is 24.2. The van der Waals surface area contributed by atoms with Crippen LogP contribution in [0.3, 0.4) is 0 Å². The molecule has 5 rings (SSSR count). The molecule has 0 saturated carbocycles. The molecule has 2 aliphatic heterocycles. The number of thiocarbonyl (C=S) groups is 1. The van der Waals surface area contributed by atoms with Crippen LogP contribution in [-0.4, -0.2) is 54.6 Å². The molecule has 1 aromatic heterocycles.